The number of hydrogen-bond donors (Lipinski definition) is 3. The van der Waals surface area contributed by atoms with Crippen LogP contribution in [-0.4, -0.2) is 26.7 Å². The van der Waals surface area contributed by atoms with E-state index < -0.39 is 23.6 Å². The molecule has 0 unspecified atom stereocenters. The maximum Gasteiger partial charge on any atom is 0.324 e. The third kappa shape index (κ3) is 5.57. The first-order chi connectivity index (χ1) is 18.2. The van der Waals surface area contributed by atoms with Crippen LogP contribution in [0.5, 0.6) is 11.5 Å². The number of amides is 3. The van der Waals surface area contributed by atoms with Crippen molar-refractivity contribution in [3.8, 4) is 17.2 Å². The monoisotopic (exact) mass is 538 g/mol. The summed E-state index contributed by atoms with van der Waals surface area (Å²) in [4.78, 5) is 28.0. The summed E-state index contributed by atoms with van der Waals surface area (Å²) in [7, 11) is 0. The van der Waals surface area contributed by atoms with E-state index in [-0.39, 0.29) is 33.8 Å². The highest BCUT2D eigenvalue weighted by atomic mass is 35.5. The quantitative estimate of drug-likeness (QED) is 0.266. The van der Waals surface area contributed by atoms with Gasteiger partial charge in [0, 0.05) is 36.4 Å². The summed E-state index contributed by atoms with van der Waals surface area (Å²) in [5, 5.41) is 10.0. The Kier molecular flexibility index (Phi) is 6.93. The van der Waals surface area contributed by atoms with Gasteiger partial charge in [0.05, 0.1) is 22.1 Å². The molecule has 12 heteroatoms. The Hall–Kier alpha value is -4.51. The van der Waals surface area contributed by atoms with Crippen LogP contribution in [0.25, 0.3) is 5.69 Å². The van der Waals surface area contributed by atoms with Crippen LogP contribution >= 0.6 is 11.6 Å². The SMILES string of the molecule is NC(=O)c1cc(Oc2ccc(NC(=O)Nc3cc(C4CCC4)nn3-c3cc(F)cc(F)c3)c(Cl)c2)ccn1. The summed E-state index contributed by atoms with van der Waals surface area (Å²) >= 11 is 6.35. The molecule has 0 radical (unpaired) electrons. The van der Waals surface area contributed by atoms with Gasteiger partial charge in [0.25, 0.3) is 5.91 Å². The lowest BCUT2D eigenvalue weighted by molar-refractivity contribution is 0.0995. The summed E-state index contributed by atoms with van der Waals surface area (Å²) in [6.45, 7) is 0. The lowest BCUT2D eigenvalue weighted by Crippen LogP contribution is -2.21. The highest BCUT2D eigenvalue weighted by molar-refractivity contribution is 6.34. The molecule has 0 aliphatic heterocycles. The van der Waals surface area contributed by atoms with E-state index in [1.807, 2.05) is 0 Å². The molecule has 4 N–H and O–H groups in total. The number of carbonyl (C=O) groups is 2. The van der Waals surface area contributed by atoms with E-state index in [0.717, 1.165) is 43.2 Å². The molecule has 2 aromatic carbocycles. The fourth-order valence-corrected chi connectivity index (χ4v) is 4.14. The van der Waals surface area contributed by atoms with Gasteiger partial charge in [-0.2, -0.15) is 5.10 Å². The van der Waals surface area contributed by atoms with Gasteiger partial charge in [-0.3, -0.25) is 15.1 Å². The number of nitrogens with zero attached hydrogens (tertiary/aromatic N) is 3. The minimum Gasteiger partial charge on any atom is -0.457 e. The van der Waals surface area contributed by atoms with E-state index in [1.165, 1.54) is 29.1 Å². The van der Waals surface area contributed by atoms with Gasteiger partial charge in [0.1, 0.15) is 34.6 Å². The number of aromatic nitrogens is 3. The number of hydrogen-bond acceptors (Lipinski definition) is 5. The molecule has 194 valence electrons. The first-order valence-corrected chi connectivity index (χ1v) is 12.0. The van der Waals surface area contributed by atoms with Gasteiger partial charge in [-0.05, 0) is 43.2 Å². The molecule has 1 saturated carbocycles. The van der Waals surface area contributed by atoms with Gasteiger partial charge in [0.15, 0.2) is 0 Å². The second-order valence-corrected chi connectivity index (χ2v) is 9.09. The second kappa shape index (κ2) is 10.5. The molecular formula is C26H21ClF2N6O3. The third-order valence-corrected chi connectivity index (χ3v) is 6.31. The molecule has 1 aliphatic carbocycles. The standard InChI is InChI=1S/C26H21ClF2N6O3/c27-20-11-18(38-19-6-7-31-23(12-19)25(30)36)4-5-21(20)32-26(37)33-24-13-22(14-2-1-3-14)34-35(24)17-9-15(28)8-16(29)10-17/h4-14H,1-3H2,(H2,30,36)(H2,32,33,37). The Balaban J connectivity index is 1.32. The second-order valence-electron chi connectivity index (χ2n) is 8.69. The maximum absolute atomic E-state index is 13.9. The average Bonchev–Trinajstić information content (AvgIpc) is 3.22. The van der Waals surface area contributed by atoms with Gasteiger partial charge in [-0.15, -0.1) is 0 Å². The number of rotatable bonds is 7. The number of benzene rings is 2. The summed E-state index contributed by atoms with van der Waals surface area (Å²) in [5.41, 5.74) is 6.43. The van der Waals surface area contributed by atoms with E-state index in [4.69, 9.17) is 22.1 Å². The minimum atomic E-state index is -0.761. The summed E-state index contributed by atoms with van der Waals surface area (Å²) < 4.78 is 34.8. The number of carbonyl (C=O) groups excluding carboxylic acids is 2. The van der Waals surface area contributed by atoms with Crippen molar-refractivity contribution in [3.63, 3.8) is 0 Å². The molecule has 2 heterocycles. The van der Waals surface area contributed by atoms with Crippen LogP contribution in [0.1, 0.15) is 41.4 Å². The van der Waals surface area contributed by atoms with Crippen LogP contribution in [-0.2, 0) is 0 Å². The van der Waals surface area contributed by atoms with E-state index in [9.17, 15) is 18.4 Å². The van der Waals surface area contributed by atoms with Crippen molar-refractivity contribution in [1.82, 2.24) is 14.8 Å². The average molecular weight is 539 g/mol. The van der Waals surface area contributed by atoms with Crippen LogP contribution < -0.4 is 21.1 Å². The molecule has 0 bridgehead atoms. The molecule has 1 fully saturated rings. The van der Waals surface area contributed by atoms with E-state index in [0.29, 0.717) is 11.5 Å². The Morgan fingerprint density at radius 2 is 1.74 bits per heavy atom. The molecular weight excluding hydrogens is 518 g/mol. The van der Waals surface area contributed by atoms with E-state index >= 15 is 0 Å². The van der Waals surface area contributed by atoms with Crippen molar-refractivity contribution in [2.24, 2.45) is 5.73 Å². The Morgan fingerprint density at radius 3 is 2.39 bits per heavy atom. The molecule has 0 atom stereocenters. The summed E-state index contributed by atoms with van der Waals surface area (Å²) in [6.07, 6.45) is 4.36. The molecule has 4 aromatic rings. The lowest BCUT2D eigenvalue weighted by atomic mass is 9.83. The van der Waals surface area contributed by atoms with Gasteiger partial charge < -0.3 is 15.8 Å². The van der Waals surface area contributed by atoms with Gasteiger partial charge in [-0.25, -0.2) is 18.3 Å². The molecule has 2 aromatic heterocycles. The highest BCUT2D eigenvalue weighted by Crippen LogP contribution is 2.37. The van der Waals surface area contributed by atoms with Crippen molar-refractivity contribution < 1.29 is 23.1 Å². The van der Waals surface area contributed by atoms with Crippen molar-refractivity contribution in [2.75, 3.05) is 10.6 Å². The lowest BCUT2D eigenvalue weighted by Gasteiger charge is -2.22. The zero-order valence-electron chi connectivity index (χ0n) is 19.7. The molecule has 38 heavy (non-hydrogen) atoms. The van der Waals surface area contributed by atoms with Crippen molar-refractivity contribution >= 4 is 35.0 Å². The number of urea groups is 1. The molecule has 0 saturated heterocycles. The van der Waals surface area contributed by atoms with Crippen LogP contribution in [0.4, 0.5) is 25.1 Å². The number of halogens is 3. The first-order valence-electron chi connectivity index (χ1n) is 11.6. The highest BCUT2D eigenvalue weighted by Gasteiger charge is 2.25. The van der Waals surface area contributed by atoms with Crippen molar-refractivity contribution in [1.29, 1.82) is 0 Å². The van der Waals surface area contributed by atoms with Crippen LogP contribution in [0.15, 0.2) is 60.8 Å². The normalized spacial score (nSPS) is 13.0. The Morgan fingerprint density at radius 1 is 1.00 bits per heavy atom. The number of nitrogens with one attached hydrogen (secondary N) is 2. The third-order valence-electron chi connectivity index (χ3n) is 5.99. The van der Waals surface area contributed by atoms with Crippen molar-refractivity contribution in [3.05, 3.63) is 88.8 Å². The van der Waals surface area contributed by atoms with Gasteiger partial charge in [0.2, 0.25) is 0 Å². The fraction of sp³-hybridized carbons (Fsp3) is 0.154. The molecule has 0 spiro atoms. The van der Waals surface area contributed by atoms with Gasteiger partial charge >= 0.3 is 6.03 Å². The molecule has 9 nitrogen and oxygen atoms in total. The van der Waals surface area contributed by atoms with Crippen LogP contribution in [0, 0.1) is 11.6 Å². The number of anilines is 2. The topological polar surface area (TPSA) is 124 Å². The minimum absolute atomic E-state index is 0.0456. The van der Waals surface area contributed by atoms with E-state index in [1.54, 1.807) is 18.2 Å². The van der Waals surface area contributed by atoms with Gasteiger partial charge in [-0.1, -0.05) is 18.0 Å². The molecule has 3 amide bonds. The zero-order valence-corrected chi connectivity index (χ0v) is 20.5. The Labute approximate surface area is 220 Å². The smallest absolute Gasteiger partial charge is 0.324 e. The number of nitrogens with two attached hydrogens (primary N) is 1. The number of primary amides is 1. The zero-order chi connectivity index (χ0) is 26.8. The largest absolute Gasteiger partial charge is 0.457 e. The molecule has 1 aliphatic rings. The maximum atomic E-state index is 13.9. The number of ether oxygens (including phenoxy) is 1. The number of pyridine rings is 1. The van der Waals surface area contributed by atoms with E-state index in [2.05, 4.69) is 20.7 Å². The molecule has 5 rings (SSSR count). The first kappa shape index (κ1) is 25.2. The predicted octanol–water partition coefficient (Wildman–Crippen LogP) is 6.00. The van der Waals surface area contributed by atoms with Crippen LogP contribution in [0.3, 0.4) is 0 Å². The summed E-state index contributed by atoms with van der Waals surface area (Å²) in [6, 6.07) is 11.6. The fourth-order valence-electron chi connectivity index (χ4n) is 3.93. The van der Waals surface area contributed by atoms with Crippen molar-refractivity contribution in [2.45, 2.75) is 25.2 Å². The van der Waals surface area contributed by atoms with Crippen LogP contribution in [0.2, 0.25) is 5.02 Å². The summed E-state index contributed by atoms with van der Waals surface area (Å²) in [5.74, 6) is -1.08. The predicted molar refractivity (Wildman–Crippen MR) is 137 cm³/mol. The Bertz CT molecular complexity index is 1520.